The zero-order chi connectivity index (χ0) is 20.1. The number of sulfone groups is 1. The molecule has 3 aliphatic heterocycles. The molecule has 0 bridgehead atoms. The largest absolute Gasteiger partial charge is 0.368 e. The van der Waals surface area contributed by atoms with Crippen molar-refractivity contribution >= 4 is 15.7 Å². The molecule has 0 radical (unpaired) electrons. The third-order valence-electron chi connectivity index (χ3n) is 6.46. The topological polar surface area (TPSA) is 81.5 Å². The predicted octanol–water partition coefficient (Wildman–Crippen LogP) is 1.70. The number of amides is 1. The summed E-state index contributed by atoms with van der Waals surface area (Å²) in [5.74, 6) is -0.277. The minimum absolute atomic E-state index is 0.00436. The summed E-state index contributed by atoms with van der Waals surface area (Å²) in [4.78, 5) is 14.6. The van der Waals surface area contributed by atoms with E-state index in [-0.39, 0.29) is 23.3 Å². The summed E-state index contributed by atoms with van der Waals surface area (Å²) in [7, 11) is -3.05. The maximum atomic E-state index is 12.8. The average molecular weight is 416 g/mol. The Balaban J connectivity index is 1.34. The first-order valence-corrected chi connectivity index (χ1v) is 12.1. The molecule has 1 aromatic carbocycles. The number of carbonyl (C=O) groups excluding carboxylic acids is 1. The van der Waals surface area contributed by atoms with Gasteiger partial charge in [-0.25, -0.2) is 13.1 Å². The summed E-state index contributed by atoms with van der Waals surface area (Å²) in [5.41, 5.74) is 2.77. The fourth-order valence-electron chi connectivity index (χ4n) is 4.83. The fourth-order valence-corrected chi connectivity index (χ4v) is 6.56. The van der Waals surface area contributed by atoms with E-state index in [1.165, 1.54) is 5.56 Å². The van der Waals surface area contributed by atoms with Crippen molar-refractivity contribution in [2.75, 3.05) is 31.2 Å². The average Bonchev–Trinajstić information content (AvgIpc) is 3.33. The van der Waals surface area contributed by atoms with Gasteiger partial charge in [-0.1, -0.05) is 18.2 Å². The van der Waals surface area contributed by atoms with Crippen LogP contribution in [0.5, 0.6) is 0 Å². The number of aromatic nitrogens is 2. The lowest BCUT2D eigenvalue weighted by molar-refractivity contribution is -0.144. The van der Waals surface area contributed by atoms with Crippen molar-refractivity contribution in [3.05, 3.63) is 47.8 Å². The van der Waals surface area contributed by atoms with Crippen molar-refractivity contribution in [3.8, 4) is 5.69 Å². The molecule has 1 spiro atoms. The Morgan fingerprint density at radius 1 is 1.17 bits per heavy atom. The van der Waals surface area contributed by atoms with E-state index < -0.39 is 15.4 Å². The van der Waals surface area contributed by atoms with E-state index in [0.29, 0.717) is 39.0 Å². The van der Waals surface area contributed by atoms with Crippen molar-refractivity contribution in [1.82, 2.24) is 14.7 Å². The second kappa shape index (κ2) is 6.95. The van der Waals surface area contributed by atoms with Crippen LogP contribution in [0.25, 0.3) is 5.69 Å². The molecule has 7 nitrogen and oxygen atoms in total. The first-order chi connectivity index (χ1) is 14.0. The molecule has 5 rings (SSSR count). The van der Waals surface area contributed by atoms with Gasteiger partial charge in [0.2, 0.25) is 5.91 Å². The molecule has 2 saturated heterocycles. The van der Waals surface area contributed by atoms with Crippen LogP contribution >= 0.6 is 0 Å². The summed E-state index contributed by atoms with van der Waals surface area (Å²) in [6.45, 7) is 1.81. The van der Waals surface area contributed by atoms with Crippen molar-refractivity contribution in [1.29, 1.82) is 0 Å². The van der Waals surface area contributed by atoms with E-state index in [2.05, 4.69) is 6.20 Å². The van der Waals surface area contributed by atoms with Gasteiger partial charge in [0.05, 0.1) is 35.4 Å². The molecule has 2 fully saturated rings. The van der Waals surface area contributed by atoms with Crippen molar-refractivity contribution in [2.45, 2.75) is 31.3 Å². The van der Waals surface area contributed by atoms with Crippen molar-refractivity contribution in [3.63, 3.8) is 0 Å². The molecule has 1 atom stereocenters. The molecular formula is C21H25N3O4S. The van der Waals surface area contributed by atoms with Gasteiger partial charge in [-0.15, -0.1) is 0 Å². The lowest BCUT2D eigenvalue weighted by atomic mass is 9.83. The Kier molecular flexibility index (Phi) is 4.51. The summed E-state index contributed by atoms with van der Waals surface area (Å²) >= 11 is 0. The van der Waals surface area contributed by atoms with E-state index >= 15 is 0 Å². The van der Waals surface area contributed by atoms with Gasteiger partial charge in [-0.3, -0.25) is 4.79 Å². The predicted molar refractivity (Wildman–Crippen MR) is 107 cm³/mol. The Bertz CT molecular complexity index is 1020. The molecule has 2 aromatic rings. The second-order valence-electron chi connectivity index (χ2n) is 8.30. The normalized spacial score (nSPS) is 25.1. The van der Waals surface area contributed by atoms with Crippen LogP contribution in [0, 0.1) is 5.92 Å². The highest BCUT2D eigenvalue weighted by Gasteiger charge is 2.45. The van der Waals surface area contributed by atoms with Gasteiger partial charge < -0.3 is 9.64 Å². The standard InChI is InChI=1S/C21H25N3O4S/c25-20(17-7-13-29(26,27)15-17)23-10-8-21(9-11-23)19-16(6-12-28-21)14-24(22-19)18-4-2-1-3-5-18/h1-5,14,17H,6-13,15H2. The number of para-hydroxylation sites is 1. The lowest BCUT2D eigenvalue weighted by Crippen LogP contribution is -2.50. The van der Waals surface area contributed by atoms with Gasteiger partial charge in [0.1, 0.15) is 5.60 Å². The molecular weight excluding hydrogens is 390 g/mol. The van der Waals surface area contributed by atoms with Crippen LogP contribution in [0.1, 0.15) is 30.5 Å². The molecule has 0 saturated carbocycles. The van der Waals surface area contributed by atoms with Crippen molar-refractivity contribution in [2.24, 2.45) is 5.92 Å². The SMILES string of the molecule is O=C(C1CCS(=O)(=O)C1)N1CCC2(CC1)OCCc1cn(-c3ccccc3)nc12. The lowest BCUT2D eigenvalue weighted by Gasteiger charge is -2.43. The molecule has 1 amide bonds. The van der Waals surface area contributed by atoms with Gasteiger partial charge >= 0.3 is 0 Å². The fraction of sp³-hybridized carbons (Fsp3) is 0.524. The van der Waals surface area contributed by atoms with E-state index in [1.54, 1.807) is 0 Å². The van der Waals surface area contributed by atoms with E-state index in [9.17, 15) is 13.2 Å². The molecule has 1 aromatic heterocycles. The number of carbonyl (C=O) groups is 1. The molecule has 154 valence electrons. The van der Waals surface area contributed by atoms with E-state index in [1.807, 2.05) is 39.9 Å². The molecule has 0 aliphatic carbocycles. The van der Waals surface area contributed by atoms with Crippen LogP contribution in [0.4, 0.5) is 0 Å². The van der Waals surface area contributed by atoms with Crippen LogP contribution in [0.2, 0.25) is 0 Å². The Labute approximate surface area is 170 Å². The molecule has 8 heteroatoms. The minimum atomic E-state index is -3.05. The summed E-state index contributed by atoms with van der Waals surface area (Å²) in [6, 6.07) is 10.0. The zero-order valence-corrected chi connectivity index (χ0v) is 17.1. The molecule has 3 aliphatic rings. The molecule has 4 heterocycles. The zero-order valence-electron chi connectivity index (χ0n) is 16.3. The Morgan fingerprint density at radius 3 is 2.62 bits per heavy atom. The van der Waals surface area contributed by atoms with Crippen LogP contribution in [-0.4, -0.2) is 60.2 Å². The Hall–Kier alpha value is -2.19. The number of piperidine rings is 1. The van der Waals surface area contributed by atoms with Crippen molar-refractivity contribution < 1.29 is 17.9 Å². The molecule has 1 unspecified atom stereocenters. The monoisotopic (exact) mass is 415 g/mol. The molecule has 29 heavy (non-hydrogen) atoms. The third kappa shape index (κ3) is 3.38. The van der Waals surface area contributed by atoms with Crippen LogP contribution in [0.15, 0.2) is 36.5 Å². The number of ether oxygens (including phenoxy) is 1. The smallest absolute Gasteiger partial charge is 0.226 e. The van der Waals surface area contributed by atoms with Crippen LogP contribution < -0.4 is 0 Å². The van der Waals surface area contributed by atoms with Gasteiger partial charge in [0, 0.05) is 19.3 Å². The highest BCUT2D eigenvalue weighted by molar-refractivity contribution is 7.91. The number of benzene rings is 1. The first-order valence-electron chi connectivity index (χ1n) is 10.2. The maximum Gasteiger partial charge on any atom is 0.226 e. The van der Waals surface area contributed by atoms with Crippen LogP contribution in [0.3, 0.4) is 0 Å². The minimum Gasteiger partial charge on any atom is -0.368 e. The third-order valence-corrected chi connectivity index (χ3v) is 8.22. The number of likely N-dealkylation sites (tertiary alicyclic amines) is 1. The Morgan fingerprint density at radius 2 is 1.93 bits per heavy atom. The van der Waals surface area contributed by atoms with Gasteiger partial charge in [0.15, 0.2) is 9.84 Å². The molecule has 0 N–H and O–H groups in total. The summed E-state index contributed by atoms with van der Waals surface area (Å²) < 4.78 is 31.6. The maximum absolute atomic E-state index is 12.8. The van der Waals surface area contributed by atoms with E-state index in [4.69, 9.17) is 9.84 Å². The van der Waals surface area contributed by atoms with E-state index in [0.717, 1.165) is 17.8 Å². The van der Waals surface area contributed by atoms with Gasteiger partial charge in [-0.2, -0.15) is 5.10 Å². The number of nitrogens with zero attached hydrogens (tertiary/aromatic N) is 3. The number of rotatable bonds is 2. The van der Waals surface area contributed by atoms with Gasteiger partial charge in [0.25, 0.3) is 0 Å². The number of hydrogen-bond acceptors (Lipinski definition) is 5. The van der Waals surface area contributed by atoms with Crippen LogP contribution in [-0.2, 0) is 31.4 Å². The quantitative estimate of drug-likeness (QED) is 0.746. The summed E-state index contributed by atoms with van der Waals surface area (Å²) in [5, 5.41) is 4.87. The number of hydrogen-bond donors (Lipinski definition) is 0. The second-order valence-corrected chi connectivity index (χ2v) is 10.5. The highest BCUT2D eigenvalue weighted by atomic mass is 32.2. The number of fused-ring (bicyclic) bond motifs is 2. The highest BCUT2D eigenvalue weighted by Crippen LogP contribution is 2.41. The first kappa shape index (κ1) is 18.8. The summed E-state index contributed by atoms with van der Waals surface area (Å²) in [6.07, 6.45) is 4.77. The van der Waals surface area contributed by atoms with Gasteiger partial charge in [-0.05, 0) is 43.4 Å².